The van der Waals surface area contributed by atoms with Crippen LogP contribution in [0.25, 0.3) is 38.6 Å². The second kappa shape index (κ2) is 12.7. The first-order valence-corrected chi connectivity index (χ1v) is 18.7. The van der Waals surface area contributed by atoms with Gasteiger partial charge in [-0.3, -0.25) is 0 Å². The molecule has 3 heteroatoms. The predicted octanol–water partition coefficient (Wildman–Crippen LogP) is 14.0. The standard InChI is InChI=1S/C51H39N3/c1-51(2)44-31-17-15-28-41(44)42-30-19-33-46(50(42)51)54(39-26-13-6-14-27-39)48-35-40(52(36-20-7-3-8-21-36)37-22-9-4-10-23-37)34-47-49(48)43-29-16-18-32-45(43)53(47)38-24-11-5-12-25-38/h3-35H,1-2H3. The maximum Gasteiger partial charge on any atom is 0.0583 e. The molecular weight excluding hydrogens is 655 g/mol. The highest BCUT2D eigenvalue weighted by Gasteiger charge is 2.39. The van der Waals surface area contributed by atoms with Crippen molar-refractivity contribution in [3.8, 4) is 16.8 Å². The smallest absolute Gasteiger partial charge is 0.0583 e. The van der Waals surface area contributed by atoms with E-state index in [1.54, 1.807) is 0 Å². The van der Waals surface area contributed by atoms with Gasteiger partial charge in [0.2, 0.25) is 0 Å². The summed E-state index contributed by atoms with van der Waals surface area (Å²) in [7, 11) is 0. The molecule has 54 heavy (non-hydrogen) atoms. The van der Waals surface area contributed by atoms with Gasteiger partial charge in [-0.25, -0.2) is 0 Å². The van der Waals surface area contributed by atoms with Gasteiger partial charge >= 0.3 is 0 Å². The third-order valence-electron chi connectivity index (χ3n) is 11.1. The minimum Gasteiger partial charge on any atom is -0.310 e. The summed E-state index contributed by atoms with van der Waals surface area (Å²) in [6, 6.07) is 72.5. The Morgan fingerprint density at radius 1 is 0.407 bits per heavy atom. The van der Waals surface area contributed by atoms with Crippen molar-refractivity contribution in [1.29, 1.82) is 0 Å². The van der Waals surface area contributed by atoms with Gasteiger partial charge in [0.05, 0.1) is 28.1 Å². The minimum absolute atomic E-state index is 0.218. The Labute approximate surface area is 316 Å². The molecule has 0 saturated heterocycles. The number of anilines is 6. The van der Waals surface area contributed by atoms with Gasteiger partial charge in [-0.15, -0.1) is 0 Å². The molecule has 1 aromatic heterocycles. The van der Waals surface area contributed by atoms with E-state index in [1.165, 1.54) is 44.2 Å². The number of fused-ring (bicyclic) bond motifs is 6. The van der Waals surface area contributed by atoms with Crippen LogP contribution in [-0.4, -0.2) is 4.57 Å². The first kappa shape index (κ1) is 31.9. The van der Waals surface area contributed by atoms with Crippen molar-refractivity contribution in [3.05, 3.63) is 211 Å². The van der Waals surface area contributed by atoms with Crippen molar-refractivity contribution in [2.24, 2.45) is 0 Å². The van der Waals surface area contributed by atoms with E-state index in [1.807, 2.05) is 0 Å². The highest BCUT2D eigenvalue weighted by Crippen LogP contribution is 2.56. The zero-order valence-corrected chi connectivity index (χ0v) is 30.4. The molecule has 1 aliphatic rings. The van der Waals surface area contributed by atoms with E-state index >= 15 is 0 Å². The summed E-state index contributed by atoms with van der Waals surface area (Å²) < 4.78 is 2.43. The molecule has 0 amide bonds. The van der Waals surface area contributed by atoms with E-state index in [9.17, 15) is 0 Å². The van der Waals surface area contributed by atoms with E-state index in [4.69, 9.17) is 0 Å². The van der Waals surface area contributed by atoms with E-state index in [0.717, 1.165) is 39.6 Å². The third kappa shape index (κ3) is 4.97. The summed E-state index contributed by atoms with van der Waals surface area (Å²) in [6.45, 7) is 4.76. The van der Waals surface area contributed by atoms with E-state index in [0.29, 0.717) is 0 Å². The van der Waals surface area contributed by atoms with Crippen LogP contribution >= 0.6 is 0 Å². The summed E-state index contributed by atoms with van der Waals surface area (Å²) in [5.41, 5.74) is 15.2. The first-order valence-electron chi connectivity index (χ1n) is 18.7. The Morgan fingerprint density at radius 2 is 0.944 bits per heavy atom. The molecule has 1 aliphatic carbocycles. The molecule has 9 aromatic rings. The lowest BCUT2D eigenvalue weighted by atomic mass is 9.81. The van der Waals surface area contributed by atoms with Gasteiger partial charge in [-0.2, -0.15) is 0 Å². The molecule has 258 valence electrons. The summed E-state index contributed by atoms with van der Waals surface area (Å²) >= 11 is 0. The van der Waals surface area contributed by atoms with Crippen molar-refractivity contribution in [2.75, 3.05) is 9.80 Å². The maximum absolute atomic E-state index is 2.52. The van der Waals surface area contributed by atoms with Crippen LogP contribution in [0.3, 0.4) is 0 Å². The quantitative estimate of drug-likeness (QED) is 0.165. The lowest BCUT2D eigenvalue weighted by Crippen LogP contribution is -2.21. The summed E-state index contributed by atoms with van der Waals surface area (Å²) in [6.07, 6.45) is 0. The van der Waals surface area contributed by atoms with Crippen molar-refractivity contribution in [3.63, 3.8) is 0 Å². The van der Waals surface area contributed by atoms with Crippen molar-refractivity contribution < 1.29 is 0 Å². The molecule has 10 rings (SSSR count). The Hall–Kier alpha value is -6.84. The Balaban J connectivity index is 1.37. The molecular formula is C51H39N3. The predicted molar refractivity (Wildman–Crippen MR) is 228 cm³/mol. The number of nitrogens with zero attached hydrogens (tertiary/aromatic N) is 3. The topological polar surface area (TPSA) is 11.4 Å². The molecule has 3 nitrogen and oxygen atoms in total. The summed E-state index contributed by atoms with van der Waals surface area (Å²) in [4.78, 5) is 4.91. The molecule has 0 aliphatic heterocycles. The van der Waals surface area contributed by atoms with Gasteiger partial charge in [0.25, 0.3) is 0 Å². The van der Waals surface area contributed by atoms with Crippen LogP contribution in [-0.2, 0) is 5.41 Å². The third-order valence-corrected chi connectivity index (χ3v) is 11.1. The number of rotatable bonds is 7. The van der Waals surface area contributed by atoms with E-state index in [-0.39, 0.29) is 5.41 Å². The molecule has 0 N–H and O–H groups in total. The second-order valence-corrected chi connectivity index (χ2v) is 14.6. The molecule has 0 bridgehead atoms. The molecule has 0 saturated carbocycles. The lowest BCUT2D eigenvalue weighted by molar-refractivity contribution is 0.661. The number of aromatic nitrogens is 1. The van der Waals surface area contributed by atoms with E-state index < -0.39 is 0 Å². The van der Waals surface area contributed by atoms with Crippen LogP contribution in [0.1, 0.15) is 25.0 Å². The Kier molecular flexibility index (Phi) is 7.48. The molecule has 0 atom stereocenters. The average Bonchev–Trinajstić information content (AvgIpc) is 3.68. The molecule has 0 spiro atoms. The van der Waals surface area contributed by atoms with Crippen molar-refractivity contribution in [2.45, 2.75) is 19.3 Å². The zero-order chi connectivity index (χ0) is 36.2. The number of para-hydroxylation sites is 5. The zero-order valence-electron chi connectivity index (χ0n) is 30.4. The van der Waals surface area contributed by atoms with Crippen LogP contribution in [0, 0.1) is 0 Å². The number of benzene rings is 8. The normalized spacial score (nSPS) is 12.8. The fourth-order valence-electron chi connectivity index (χ4n) is 8.81. The molecule has 0 unspecified atom stereocenters. The number of hydrogen-bond acceptors (Lipinski definition) is 2. The van der Waals surface area contributed by atoms with Gasteiger partial charge in [0, 0.05) is 38.9 Å². The minimum atomic E-state index is -0.218. The second-order valence-electron chi connectivity index (χ2n) is 14.6. The molecule has 1 heterocycles. The maximum atomic E-state index is 2.52. The first-order chi connectivity index (χ1) is 26.6. The molecule has 8 aromatic carbocycles. The molecule has 0 radical (unpaired) electrons. The highest BCUT2D eigenvalue weighted by atomic mass is 15.2. The lowest BCUT2D eigenvalue weighted by Gasteiger charge is -2.34. The van der Waals surface area contributed by atoms with Crippen LogP contribution < -0.4 is 9.80 Å². The highest BCUT2D eigenvalue weighted by molar-refractivity contribution is 6.18. The van der Waals surface area contributed by atoms with Gasteiger partial charge < -0.3 is 14.4 Å². The van der Waals surface area contributed by atoms with Gasteiger partial charge in [-0.1, -0.05) is 141 Å². The van der Waals surface area contributed by atoms with Crippen LogP contribution in [0.5, 0.6) is 0 Å². The molecule has 0 fully saturated rings. The summed E-state index contributed by atoms with van der Waals surface area (Å²) in [5.74, 6) is 0. The van der Waals surface area contributed by atoms with Crippen LogP contribution in [0.4, 0.5) is 34.1 Å². The van der Waals surface area contributed by atoms with Gasteiger partial charge in [-0.05, 0) is 95.1 Å². The van der Waals surface area contributed by atoms with E-state index in [2.05, 4.69) is 228 Å². The Morgan fingerprint density at radius 3 is 1.61 bits per heavy atom. The SMILES string of the molecule is CC1(C)c2ccccc2-c2cccc(N(c3ccccc3)c3cc(N(c4ccccc4)c4ccccc4)cc4c3c3ccccc3n4-c3ccccc3)c21. The van der Waals surface area contributed by atoms with Crippen molar-refractivity contribution in [1.82, 2.24) is 4.57 Å². The van der Waals surface area contributed by atoms with Gasteiger partial charge in [0.1, 0.15) is 0 Å². The van der Waals surface area contributed by atoms with Crippen LogP contribution in [0.15, 0.2) is 200 Å². The fraction of sp³-hybridized carbons (Fsp3) is 0.0588. The van der Waals surface area contributed by atoms with Crippen LogP contribution in [0.2, 0.25) is 0 Å². The Bertz CT molecular complexity index is 2750. The van der Waals surface area contributed by atoms with Gasteiger partial charge in [0.15, 0.2) is 0 Å². The number of hydrogen-bond donors (Lipinski definition) is 0. The van der Waals surface area contributed by atoms with Crippen molar-refractivity contribution >= 4 is 55.9 Å². The summed E-state index contributed by atoms with van der Waals surface area (Å²) in [5, 5.41) is 2.41. The average molecular weight is 694 g/mol. The largest absolute Gasteiger partial charge is 0.310 e. The monoisotopic (exact) mass is 693 g/mol. The fourth-order valence-corrected chi connectivity index (χ4v) is 8.81.